The first-order valence-corrected chi connectivity index (χ1v) is 10.8. The summed E-state index contributed by atoms with van der Waals surface area (Å²) in [5.74, 6) is -0.371. The molecular formula is C21H11Cl2FIN5O. The zero-order chi connectivity index (χ0) is 21.7. The number of nitrogens with zero attached hydrogens (tertiary/aromatic N) is 2. The van der Waals surface area contributed by atoms with Crippen LogP contribution >= 0.6 is 45.8 Å². The van der Waals surface area contributed by atoms with Crippen LogP contribution in [0, 0.1) is 9.39 Å². The highest BCUT2D eigenvalue weighted by Crippen LogP contribution is 2.32. The van der Waals surface area contributed by atoms with Gasteiger partial charge in [0, 0.05) is 9.13 Å². The summed E-state index contributed by atoms with van der Waals surface area (Å²) in [6.07, 6.45) is 0. The van der Waals surface area contributed by atoms with Crippen molar-refractivity contribution in [3.05, 3.63) is 73.5 Å². The Morgan fingerprint density at radius 3 is 2.65 bits per heavy atom. The Morgan fingerprint density at radius 2 is 1.84 bits per heavy atom. The van der Waals surface area contributed by atoms with Crippen LogP contribution in [0.25, 0.3) is 33.5 Å². The Morgan fingerprint density at radius 1 is 1.00 bits per heavy atom. The van der Waals surface area contributed by atoms with E-state index in [1.807, 2.05) is 18.2 Å². The zero-order valence-electron chi connectivity index (χ0n) is 15.4. The fourth-order valence-electron chi connectivity index (χ4n) is 3.27. The average Bonchev–Trinajstić information content (AvgIpc) is 3.31. The first-order valence-electron chi connectivity index (χ1n) is 8.99. The molecule has 0 spiro atoms. The van der Waals surface area contributed by atoms with Gasteiger partial charge in [0.15, 0.2) is 0 Å². The van der Waals surface area contributed by atoms with E-state index in [2.05, 4.69) is 47.8 Å². The van der Waals surface area contributed by atoms with Crippen molar-refractivity contribution in [2.24, 2.45) is 0 Å². The quantitative estimate of drug-likeness (QED) is 0.221. The molecule has 1 amide bonds. The molecule has 2 heterocycles. The Hall–Kier alpha value is -2.69. The van der Waals surface area contributed by atoms with E-state index in [-0.39, 0.29) is 21.4 Å². The molecule has 0 aliphatic carbocycles. The summed E-state index contributed by atoms with van der Waals surface area (Å²) in [6, 6.07) is 13.2. The van der Waals surface area contributed by atoms with Crippen LogP contribution in [0.1, 0.15) is 10.4 Å². The van der Waals surface area contributed by atoms with Gasteiger partial charge in [-0.15, -0.1) is 0 Å². The Bertz CT molecular complexity index is 1480. The number of anilines is 1. The van der Waals surface area contributed by atoms with Crippen LogP contribution in [0.15, 0.2) is 48.5 Å². The maximum absolute atomic E-state index is 14.3. The molecule has 6 nitrogen and oxygen atoms in total. The standard InChI is InChI=1S/C21H11Cl2FIN5O/c22-11-2-1-3-13(24)17(11)19-26-16-7-9(6-12(23)18(16)29-19)20(31)30-21-27-14-5-4-10(25)8-15(14)28-21/h1-8H,(H,26,29)(H2,27,28,30,31). The third kappa shape index (κ3) is 3.75. The molecule has 0 saturated heterocycles. The molecule has 0 fully saturated rings. The predicted octanol–water partition coefficient (Wildman–Crippen LogP) is 6.41. The minimum Gasteiger partial charge on any atom is -0.338 e. The molecule has 5 aromatic rings. The van der Waals surface area contributed by atoms with Gasteiger partial charge in [-0.1, -0.05) is 29.3 Å². The number of H-pyrrole nitrogens is 2. The first-order chi connectivity index (χ1) is 14.9. The number of imidazole rings is 2. The number of benzene rings is 3. The van der Waals surface area contributed by atoms with Gasteiger partial charge in [0.05, 0.1) is 32.2 Å². The molecule has 0 bridgehead atoms. The molecule has 0 unspecified atom stereocenters. The molecule has 5 rings (SSSR count). The van der Waals surface area contributed by atoms with Gasteiger partial charge in [-0.2, -0.15) is 0 Å². The fraction of sp³-hybridized carbons (Fsp3) is 0. The number of carbonyl (C=O) groups is 1. The lowest BCUT2D eigenvalue weighted by molar-refractivity contribution is 0.102. The second-order valence-corrected chi connectivity index (χ2v) is 8.80. The number of carbonyl (C=O) groups excluding carboxylic acids is 1. The van der Waals surface area contributed by atoms with E-state index in [0.29, 0.717) is 22.5 Å². The van der Waals surface area contributed by atoms with Gasteiger partial charge in [-0.3, -0.25) is 10.1 Å². The summed E-state index contributed by atoms with van der Waals surface area (Å²) in [5, 5.41) is 3.20. The van der Waals surface area contributed by atoms with Gasteiger partial charge in [-0.05, 0) is 65.1 Å². The van der Waals surface area contributed by atoms with Crippen molar-refractivity contribution in [2.75, 3.05) is 5.32 Å². The topological polar surface area (TPSA) is 86.5 Å². The van der Waals surface area contributed by atoms with Crippen molar-refractivity contribution in [1.29, 1.82) is 0 Å². The van der Waals surface area contributed by atoms with Crippen LogP contribution in [0.3, 0.4) is 0 Å². The number of nitrogens with one attached hydrogen (secondary N) is 3. The SMILES string of the molecule is O=C(Nc1nc2ccc(I)cc2[nH]1)c1cc(Cl)c2nc(-c3c(F)cccc3Cl)[nH]c2c1. The van der Waals surface area contributed by atoms with Gasteiger partial charge in [-0.25, -0.2) is 14.4 Å². The Balaban J connectivity index is 1.50. The number of fused-ring (bicyclic) bond motifs is 2. The smallest absolute Gasteiger partial charge is 0.258 e. The molecule has 0 atom stereocenters. The maximum Gasteiger partial charge on any atom is 0.258 e. The second kappa shape index (κ2) is 7.77. The summed E-state index contributed by atoms with van der Waals surface area (Å²) in [4.78, 5) is 27.6. The van der Waals surface area contributed by atoms with Crippen molar-refractivity contribution in [2.45, 2.75) is 0 Å². The summed E-state index contributed by atoms with van der Waals surface area (Å²) in [5.41, 5.74) is 2.87. The van der Waals surface area contributed by atoms with Gasteiger partial charge < -0.3 is 9.97 Å². The average molecular weight is 566 g/mol. The molecule has 3 N–H and O–H groups in total. The minimum absolute atomic E-state index is 0.138. The van der Waals surface area contributed by atoms with E-state index in [1.54, 1.807) is 12.1 Å². The highest BCUT2D eigenvalue weighted by molar-refractivity contribution is 14.1. The largest absolute Gasteiger partial charge is 0.338 e. The zero-order valence-corrected chi connectivity index (χ0v) is 19.1. The summed E-state index contributed by atoms with van der Waals surface area (Å²) in [7, 11) is 0. The first kappa shape index (κ1) is 20.2. The molecule has 154 valence electrons. The van der Waals surface area contributed by atoms with Crippen molar-refractivity contribution >= 4 is 79.7 Å². The third-order valence-electron chi connectivity index (χ3n) is 4.68. The van der Waals surface area contributed by atoms with Gasteiger partial charge >= 0.3 is 0 Å². The molecule has 0 saturated carbocycles. The molecule has 0 radical (unpaired) electrons. The fourth-order valence-corrected chi connectivity index (χ4v) is 4.27. The summed E-state index contributed by atoms with van der Waals surface area (Å²) >= 11 is 14.7. The number of rotatable bonds is 3. The van der Waals surface area contributed by atoms with Crippen molar-refractivity contribution in [3.8, 4) is 11.4 Å². The van der Waals surface area contributed by atoms with Crippen molar-refractivity contribution in [1.82, 2.24) is 19.9 Å². The van der Waals surface area contributed by atoms with E-state index in [1.165, 1.54) is 18.2 Å². The number of hydrogen-bond acceptors (Lipinski definition) is 3. The number of aromatic amines is 2. The minimum atomic E-state index is -0.514. The maximum atomic E-state index is 14.3. The third-order valence-corrected chi connectivity index (χ3v) is 5.95. The van der Waals surface area contributed by atoms with E-state index in [9.17, 15) is 9.18 Å². The Kier molecular flexibility index (Phi) is 5.07. The van der Waals surface area contributed by atoms with Crippen LogP contribution < -0.4 is 5.32 Å². The molecule has 0 aliphatic rings. The van der Waals surface area contributed by atoms with Crippen molar-refractivity contribution in [3.63, 3.8) is 0 Å². The number of hydrogen-bond donors (Lipinski definition) is 3. The van der Waals surface area contributed by atoms with Gasteiger partial charge in [0.2, 0.25) is 5.95 Å². The molecule has 2 aromatic heterocycles. The van der Waals surface area contributed by atoms with Crippen LogP contribution in [0.4, 0.5) is 10.3 Å². The number of aromatic nitrogens is 4. The van der Waals surface area contributed by atoms with E-state index >= 15 is 0 Å². The van der Waals surface area contributed by atoms with Crippen LogP contribution in [0.2, 0.25) is 10.0 Å². The molecule has 3 aromatic carbocycles. The van der Waals surface area contributed by atoms with Crippen LogP contribution in [0.5, 0.6) is 0 Å². The normalized spacial score (nSPS) is 11.4. The van der Waals surface area contributed by atoms with E-state index in [0.717, 1.165) is 14.6 Å². The second-order valence-electron chi connectivity index (χ2n) is 6.74. The Labute approximate surface area is 198 Å². The van der Waals surface area contributed by atoms with E-state index in [4.69, 9.17) is 23.2 Å². The summed E-state index contributed by atoms with van der Waals surface area (Å²) in [6.45, 7) is 0. The van der Waals surface area contributed by atoms with Crippen LogP contribution in [-0.4, -0.2) is 25.8 Å². The van der Waals surface area contributed by atoms with E-state index < -0.39 is 11.7 Å². The lowest BCUT2D eigenvalue weighted by Gasteiger charge is -2.03. The van der Waals surface area contributed by atoms with Gasteiger partial charge in [0.1, 0.15) is 17.2 Å². The highest BCUT2D eigenvalue weighted by Gasteiger charge is 2.18. The molecule has 31 heavy (non-hydrogen) atoms. The predicted molar refractivity (Wildman–Crippen MR) is 128 cm³/mol. The highest BCUT2D eigenvalue weighted by atomic mass is 127. The van der Waals surface area contributed by atoms with Crippen molar-refractivity contribution < 1.29 is 9.18 Å². The monoisotopic (exact) mass is 565 g/mol. The number of amides is 1. The van der Waals surface area contributed by atoms with Crippen LogP contribution in [-0.2, 0) is 0 Å². The lowest BCUT2D eigenvalue weighted by atomic mass is 10.2. The number of halogens is 4. The molecule has 10 heteroatoms. The summed E-state index contributed by atoms with van der Waals surface area (Å²) < 4.78 is 15.3. The molecule has 0 aliphatic heterocycles. The molecular weight excluding hydrogens is 555 g/mol. The lowest BCUT2D eigenvalue weighted by Crippen LogP contribution is -2.13. The van der Waals surface area contributed by atoms with Gasteiger partial charge in [0.25, 0.3) is 5.91 Å².